The lowest BCUT2D eigenvalue weighted by molar-refractivity contribution is -0.0510. The Kier molecular flexibility index (Phi) is 9.63. The number of ether oxygens (including phenoxy) is 1. The fourth-order valence-corrected chi connectivity index (χ4v) is 4.24. The Morgan fingerprint density at radius 3 is 2.32 bits per heavy atom. The largest absolute Gasteiger partial charge is 0.522 e. The van der Waals surface area contributed by atoms with Crippen molar-refractivity contribution in [1.82, 2.24) is 5.32 Å². The Morgan fingerprint density at radius 2 is 1.78 bits per heavy atom. The number of alkyl halides is 3. The van der Waals surface area contributed by atoms with Gasteiger partial charge in [-0.15, -0.1) is 0 Å². The van der Waals surface area contributed by atoms with Gasteiger partial charge in [-0.3, -0.25) is 9.35 Å². The highest BCUT2D eigenvalue weighted by atomic mass is 35.5. The quantitative estimate of drug-likeness (QED) is 0.377. The van der Waals surface area contributed by atoms with Crippen LogP contribution < -0.4 is 10.2 Å². The van der Waals surface area contributed by atoms with Crippen LogP contribution >= 0.6 is 11.6 Å². The van der Waals surface area contributed by atoms with Gasteiger partial charge in [0, 0.05) is 35.9 Å². The van der Waals surface area contributed by atoms with Crippen molar-refractivity contribution in [2.75, 3.05) is 31.2 Å². The summed E-state index contributed by atoms with van der Waals surface area (Å²) >= 11 is 5.96. The van der Waals surface area contributed by atoms with Crippen LogP contribution in [0.5, 0.6) is 0 Å². The van der Waals surface area contributed by atoms with Gasteiger partial charge >= 0.3 is 15.6 Å². The molecule has 1 saturated heterocycles. The lowest BCUT2D eigenvalue weighted by Crippen LogP contribution is -2.36. The molecule has 1 aliphatic heterocycles. The number of hydrogen-bond acceptors (Lipinski definition) is 5. The summed E-state index contributed by atoms with van der Waals surface area (Å²) in [4.78, 5) is 15.5. The number of allylic oxidation sites excluding steroid dienone is 2. The lowest BCUT2D eigenvalue weighted by atomic mass is 9.93. The summed E-state index contributed by atoms with van der Waals surface area (Å²) in [6, 6.07) is 11.9. The second-order valence-electron chi connectivity index (χ2n) is 8.64. The number of halogens is 4. The van der Waals surface area contributed by atoms with Crippen molar-refractivity contribution in [3.8, 4) is 0 Å². The minimum absolute atomic E-state index is 0.0197. The predicted molar refractivity (Wildman–Crippen MR) is 136 cm³/mol. The van der Waals surface area contributed by atoms with E-state index in [0.717, 1.165) is 67.8 Å². The van der Waals surface area contributed by atoms with E-state index >= 15 is 0 Å². The second kappa shape index (κ2) is 12.3. The third-order valence-corrected chi connectivity index (χ3v) is 6.81. The number of carbonyl (C=O) groups excluding carboxylic acids is 1. The second-order valence-corrected chi connectivity index (χ2v) is 10.5. The van der Waals surface area contributed by atoms with Crippen molar-refractivity contribution in [2.24, 2.45) is 0 Å². The molecule has 2 aromatic carbocycles. The van der Waals surface area contributed by atoms with Crippen LogP contribution in [-0.2, 0) is 21.4 Å². The molecule has 2 N–H and O–H groups in total. The standard InChI is InChI=1S/C24H27ClN2O2.CHF3O3S/c1-17-14-21(27-10-12-29-13-11-27)15-22(19-4-2-3-5-19)23(17)24(28)26-16-18-6-8-20(25)9-7-18;2-1(3,4)8(5,6)7/h4,6-9,14-15H,2-3,5,10-13,16H2,1H3,(H,26,28);(H,5,6,7). The highest BCUT2D eigenvalue weighted by Crippen LogP contribution is 2.35. The fourth-order valence-electron chi connectivity index (χ4n) is 4.12. The van der Waals surface area contributed by atoms with Crippen LogP contribution in [0.1, 0.15) is 46.3 Å². The predicted octanol–water partition coefficient (Wildman–Crippen LogP) is 5.38. The molecule has 1 heterocycles. The number of carbonyl (C=O) groups is 1. The first kappa shape index (κ1) is 29.0. The van der Waals surface area contributed by atoms with Crippen LogP contribution in [0, 0.1) is 6.92 Å². The fraction of sp³-hybridized carbons (Fsp3) is 0.400. The number of amides is 1. The van der Waals surface area contributed by atoms with Crippen molar-refractivity contribution in [3.63, 3.8) is 0 Å². The van der Waals surface area contributed by atoms with Gasteiger partial charge in [0.1, 0.15) is 0 Å². The van der Waals surface area contributed by atoms with Crippen molar-refractivity contribution in [2.45, 2.75) is 38.2 Å². The number of nitrogens with one attached hydrogen (secondary N) is 1. The number of anilines is 1. The molecule has 1 aliphatic carbocycles. The van der Waals surface area contributed by atoms with E-state index in [1.54, 1.807) is 0 Å². The highest BCUT2D eigenvalue weighted by Gasteiger charge is 2.44. The normalized spacial score (nSPS) is 16.1. The summed E-state index contributed by atoms with van der Waals surface area (Å²) in [7, 11) is -5.84. The van der Waals surface area contributed by atoms with Crippen LogP contribution in [0.2, 0.25) is 5.02 Å². The van der Waals surface area contributed by atoms with Gasteiger partial charge in [-0.05, 0) is 72.7 Å². The van der Waals surface area contributed by atoms with Crippen molar-refractivity contribution in [3.05, 3.63) is 69.8 Å². The van der Waals surface area contributed by atoms with E-state index in [0.29, 0.717) is 11.6 Å². The first-order valence-electron chi connectivity index (χ1n) is 11.6. The number of hydrogen-bond donors (Lipinski definition) is 2. The molecule has 2 aromatic rings. The van der Waals surface area contributed by atoms with Crippen LogP contribution in [0.15, 0.2) is 42.5 Å². The van der Waals surface area contributed by atoms with Gasteiger partial charge in [-0.25, -0.2) is 0 Å². The van der Waals surface area contributed by atoms with Crippen LogP contribution in [0.3, 0.4) is 0 Å². The summed E-state index contributed by atoms with van der Waals surface area (Å²) in [5.41, 5.74) is 0.870. The number of nitrogens with zero attached hydrogens (tertiary/aromatic N) is 1. The van der Waals surface area contributed by atoms with E-state index in [-0.39, 0.29) is 5.91 Å². The summed E-state index contributed by atoms with van der Waals surface area (Å²) < 4.78 is 63.0. The van der Waals surface area contributed by atoms with Gasteiger partial charge in [0.2, 0.25) is 0 Å². The molecule has 7 nitrogen and oxygen atoms in total. The number of morpholine rings is 1. The molecule has 0 unspecified atom stereocenters. The molecule has 0 radical (unpaired) electrons. The van der Waals surface area contributed by atoms with Gasteiger partial charge in [0.05, 0.1) is 13.2 Å². The zero-order valence-corrected chi connectivity index (χ0v) is 21.7. The van der Waals surface area contributed by atoms with Crippen molar-refractivity contribution < 1.29 is 35.7 Å². The third-order valence-electron chi connectivity index (χ3n) is 5.97. The average molecular weight is 561 g/mol. The molecule has 37 heavy (non-hydrogen) atoms. The molecule has 1 fully saturated rings. The van der Waals surface area contributed by atoms with E-state index in [1.807, 2.05) is 31.2 Å². The van der Waals surface area contributed by atoms with Crippen LogP contribution in [0.25, 0.3) is 5.57 Å². The van der Waals surface area contributed by atoms with Gasteiger partial charge in [-0.2, -0.15) is 21.6 Å². The van der Waals surface area contributed by atoms with E-state index in [9.17, 15) is 18.0 Å². The summed E-state index contributed by atoms with van der Waals surface area (Å²) in [6.07, 6.45) is 5.56. The Hall–Kier alpha value is -2.60. The smallest absolute Gasteiger partial charge is 0.378 e. The zero-order valence-electron chi connectivity index (χ0n) is 20.1. The molecule has 4 rings (SSSR count). The number of benzene rings is 2. The van der Waals surface area contributed by atoms with Crippen LogP contribution in [0.4, 0.5) is 18.9 Å². The molecular formula is C25H28ClF3N2O5S. The molecule has 0 aromatic heterocycles. The maximum atomic E-state index is 13.2. The molecule has 12 heteroatoms. The molecule has 0 saturated carbocycles. The van der Waals surface area contributed by atoms with Gasteiger partial charge in [0.25, 0.3) is 5.91 Å². The first-order valence-corrected chi connectivity index (χ1v) is 13.4. The maximum Gasteiger partial charge on any atom is 0.522 e. The van der Waals surface area contributed by atoms with Crippen molar-refractivity contribution >= 4 is 38.9 Å². The van der Waals surface area contributed by atoms with Gasteiger partial charge < -0.3 is 15.0 Å². The minimum Gasteiger partial charge on any atom is -0.378 e. The van der Waals surface area contributed by atoms with Crippen LogP contribution in [-0.4, -0.2) is 50.7 Å². The van der Waals surface area contributed by atoms with E-state index in [4.69, 9.17) is 29.3 Å². The molecule has 2 aliphatic rings. The number of rotatable bonds is 5. The Balaban J connectivity index is 0.000000414. The third kappa shape index (κ3) is 7.94. The summed E-state index contributed by atoms with van der Waals surface area (Å²) in [5, 5.41) is 3.79. The Labute approximate surface area is 219 Å². The average Bonchev–Trinajstić information content (AvgIpc) is 3.38. The van der Waals surface area contributed by atoms with Gasteiger partial charge in [-0.1, -0.05) is 29.8 Å². The molecule has 1 amide bonds. The highest BCUT2D eigenvalue weighted by molar-refractivity contribution is 7.86. The Morgan fingerprint density at radius 1 is 1.16 bits per heavy atom. The topological polar surface area (TPSA) is 95.9 Å². The molecular weight excluding hydrogens is 533 g/mol. The van der Waals surface area contributed by atoms with Gasteiger partial charge in [0.15, 0.2) is 0 Å². The molecule has 202 valence electrons. The first-order chi connectivity index (χ1) is 17.4. The Bertz CT molecular complexity index is 1240. The van der Waals surface area contributed by atoms with Crippen molar-refractivity contribution in [1.29, 1.82) is 0 Å². The molecule has 0 atom stereocenters. The maximum absolute atomic E-state index is 13.2. The summed E-state index contributed by atoms with van der Waals surface area (Å²) in [5.74, 6) is -0.0197. The molecule has 0 spiro atoms. The number of aryl methyl sites for hydroxylation is 1. The monoisotopic (exact) mass is 560 g/mol. The summed E-state index contributed by atoms with van der Waals surface area (Å²) in [6.45, 7) is 5.81. The van der Waals surface area contributed by atoms with E-state index in [2.05, 4.69) is 28.4 Å². The lowest BCUT2D eigenvalue weighted by Gasteiger charge is -2.30. The van der Waals surface area contributed by atoms with E-state index in [1.165, 1.54) is 11.3 Å². The SMILES string of the molecule is Cc1cc(N2CCOCC2)cc(C2=CCCC2)c1C(=O)NCc1ccc(Cl)cc1.O=S(=O)(O)C(F)(F)F. The molecule has 0 bridgehead atoms. The zero-order chi connectivity index (χ0) is 27.2. The van der Waals surface area contributed by atoms with E-state index < -0.39 is 15.6 Å². The minimum atomic E-state index is -5.84.